The summed E-state index contributed by atoms with van der Waals surface area (Å²) in [6.45, 7) is 0. The van der Waals surface area contributed by atoms with Gasteiger partial charge in [0.2, 0.25) is 0 Å². The third kappa shape index (κ3) is 1.36. The van der Waals surface area contributed by atoms with Gasteiger partial charge in [0.1, 0.15) is 11.2 Å². The maximum Gasteiger partial charge on any atom is 0.267 e. The minimum atomic E-state index is -0.921. The Balaban J connectivity index is 2.82. The largest absolute Gasteiger partial charge is 0.271 e. The molecule has 2 nitrogen and oxygen atoms in total. The van der Waals surface area contributed by atoms with Gasteiger partial charge in [0.25, 0.3) is 5.91 Å². The van der Waals surface area contributed by atoms with Gasteiger partial charge in [-0.3, -0.25) is 4.79 Å². The van der Waals surface area contributed by atoms with Crippen molar-refractivity contribution >= 4 is 23.7 Å². The predicted molar refractivity (Wildman–Crippen MR) is 32.3 cm³/mol. The molecule has 0 radical (unpaired) electrons. The van der Waals surface area contributed by atoms with Crippen molar-refractivity contribution in [3.63, 3.8) is 0 Å². The van der Waals surface area contributed by atoms with E-state index in [2.05, 4.69) is 4.99 Å². The molecule has 1 aliphatic heterocycles. The van der Waals surface area contributed by atoms with Crippen molar-refractivity contribution in [2.45, 2.75) is 5.38 Å². The van der Waals surface area contributed by atoms with Crippen LogP contribution in [0.3, 0.4) is 0 Å². The highest BCUT2D eigenvalue weighted by molar-refractivity contribution is 6.33. The van der Waals surface area contributed by atoms with Crippen LogP contribution in [0.25, 0.3) is 0 Å². The molecule has 0 saturated carbocycles. The number of hydrogen-bond acceptors (Lipinski definition) is 1. The summed E-state index contributed by atoms with van der Waals surface area (Å²) in [5, 5.41) is -0.921. The second-order valence-electron chi connectivity index (χ2n) is 1.55. The maximum atomic E-state index is 12.1. The summed E-state index contributed by atoms with van der Waals surface area (Å²) in [7, 11) is 0. The van der Waals surface area contributed by atoms with Crippen LogP contribution in [0, 0.1) is 0 Å². The van der Waals surface area contributed by atoms with Crippen molar-refractivity contribution in [2.24, 2.45) is 4.99 Å². The van der Waals surface area contributed by atoms with Crippen molar-refractivity contribution < 1.29 is 9.18 Å². The number of nitrogens with zero attached hydrogens (tertiary/aromatic N) is 1. The molecular formula is C5H3ClFNO. The normalized spacial score (nSPS) is 26.2. The van der Waals surface area contributed by atoms with Gasteiger partial charge < -0.3 is 0 Å². The highest BCUT2D eigenvalue weighted by Gasteiger charge is 2.15. The molecule has 0 fully saturated rings. The lowest BCUT2D eigenvalue weighted by Gasteiger charge is -2.00. The summed E-state index contributed by atoms with van der Waals surface area (Å²) < 4.78 is 12.1. The third-order valence-corrected chi connectivity index (χ3v) is 1.17. The Hall–Kier alpha value is -0.700. The van der Waals surface area contributed by atoms with Crippen LogP contribution in [0.1, 0.15) is 0 Å². The summed E-state index contributed by atoms with van der Waals surface area (Å²) >= 11 is 5.28. The Kier molecular flexibility index (Phi) is 1.62. The molecule has 0 aromatic heterocycles. The molecule has 48 valence electrons. The summed E-state index contributed by atoms with van der Waals surface area (Å²) in [5.41, 5.74) is 0. The van der Waals surface area contributed by atoms with E-state index in [-0.39, 0.29) is 0 Å². The first-order valence-corrected chi connectivity index (χ1v) is 2.73. The predicted octanol–water partition coefficient (Wildman–Crippen LogP) is 1.06. The highest BCUT2D eigenvalue weighted by Crippen LogP contribution is 2.09. The number of allylic oxidation sites excluding steroid dienone is 1. The number of alkyl halides is 1. The van der Waals surface area contributed by atoms with Crippen LogP contribution in [0.4, 0.5) is 4.39 Å². The van der Waals surface area contributed by atoms with Gasteiger partial charge in [0, 0.05) is 0 Å². The van der Waals surface area contributed by atoms with Gasteiger partial charge >= 0.3 is 0 Å². The van der Waals surface area contributed by atoms with Crippen LogP contribution in [0.5, 0.6) is 0 Å². The van der Waals surface area contributed by atoms with E-state index in [0.29, 0.717) is 0 Å². The van der Waals surface area contributed by atoms with E-state index in [1.807, 2.05) is 0 Å². The molecule has 0 spiro atoms. The fourth-order valence-electron chi connectivity index (χ4n) is 0.451. The minimum absolute atomic E-state index is 0.516. The van der Waals surface area contributed by atoms with Crippen LogP contribution in [-0.2, 0) is 4.79 Å². The topological polar surface area (TPSA) is 29.4 Å². The van der Waals surface area contributed by atoms with Gasteiger partial charge in [-0.1, -0.05) is 0 Å². The second kappa shape index (κ2) is 2.27. The van der Waals surface area contributed by atoms with Gasteiger partial charge in [0.05, 0.1) is 6.21 Å². The number of hydrogen-bond donors (Lipinski definition) is 0. The quantitative estimate of drug-likeness (QED) is 0.471. The second-order valence-corrected chi connectivity index (χ2v) is 2.02. The molecule has 0 N–H and O–H groups in total. The number of dihydropyridines is 1. The molecule has 1 heterocycles. The van der Waals surface area contributed by atoms with E-state index in [1.54, 1.807) is 0 Å². The van der Waals surface area contributed by atoms with Gasteiger partial charge in [0.15, 0.2) is 0 Å². The monoisotopic (exact) mass is 147 g/mol. The van der Waals surface area contributed by atoms with Gasteiger partial charge in [-0.05, 0) is 6.08 Å². The average Bonchev–Trinajstić information content (AvgIpc) is 1.80. The van der Waals surface area contributed by atoms with Crippen LogP contribution < -0.4 is 0 Å². The summed E-state index contributed by atoms with van der Waals surface area (Å²) in [4.78, 5) is 13.6. The summed E-state index contributed by atoms with van der Waals surface area (Å²) in [6, 6.07) is 0. The minimum Gasteiger partial charge on any atom is -0.271 e. The first-order chi connectivity index (χ1) is 4.20. The standard InChI is InChI=1S/C5H3ClFNO/c6-4-1-3(7)2-8-5(4)9/h1-2,4H. The molecule has 1 aliphatic rings. The molecule has 0 saturated heterocycles. The lowest BCUT2D eigenvalue weighted by atomic mass is 10.3. The Bertz CT molecular complexity index is 199. The number of halogens is 2. The molecule has 0 aliphatic carbocycles. The average molecular weight is 148 g/mol. The van der Waals surface area contributed by atoms with E-state index in [4.69, 9.17) is 11.6 Å². The van der Waals surface area contributed by atoms with Crippen molar-refractivity contribution in [3.8, 4) is 0 Å². The maximum absolute atomic E-state index is 12.1. The molecule has 9 heavy (non-hydrogen) atoms. The fourth-order valence-corrected chi connectivity index (χ4v) is 0.627. The molecule has 1 rings (SSSR count). The van der Waals surface area contributed by atoms with E-state index in [0.717, 1.165) is 12.3 Å². The van der Waals surface area contributed by atoms with Crippen molar-refractivity contribution in [1.29, 1.82) is 0 Å². The molecular weight excluding hydrogens is 145 g/mol. The smallest absolute Gasteiger partial charge is 0.267 e. The van der Waals surface area contributed by atoms with E-state index >= 15 is 0 Å². The van der Waals surface area contributed by atoms with Crippen LogP contribution in [0.2, 0.25) is 0 Å². The van der Waals surface area contributed by atoms with Gasteiger partial charge in [-0.15, -0.1) is 11.6 Å². The van der Waals surface area contributed by atoms with Gasteiger partial charge in [-0.25, -0.2) is 9.38 Å². The van der Waals surface area contributed by atoms with Crippen molar-refractivity contribution in [1.82, 2.24) is 0 Å². The summed E-state index contributed by atoms with van der Waals surface area (Å²) in [5.74, 6) is -1.08. The number of rotatable bonds is 0. The van der Waals surface area contributed by atoms with Crippen molar-refractivity contribution in [3.05, 3.63) is 11.9 Å². The van der Waals surface area contributed by atoms with E-state index in [9.17, 15) is 9.18 Å². The zero-order chi connectivity index (χ0) is 6.85. The molecule has 0 bridgehead atoms. The number of carbonyl (C=O) groups excluding carboxylic acids is 1. The zero-order valence-electron chi connectivity index (χ0n) is 4.34. The lowest BCUT2D eigenvalue weighted by Crippen LogP contribution is -2.13. The molecule has 1 unspecified atom stereocenters. The van der Waals surface area contributed by atoms with Gasteiger partial charge in [-0.2, -0.15) is 0 Å². The Morgan fingerprint density at radius 3 is 2.89 bits per heavy atom. The van der Waals surface area contributed by atoms with E-state index in [1.165, 1.54) is 0 Å². The fraction of sp³-hybridized carbons (Fsp3) is 0.200. The molecule has 0 aromatic rings. The lowest BCUT2D eigenvalue weighted by molar-refractivity contribution is -0.116. The molecule has 1 amide bonds. The third-order valence-electron chi connectivity index (χ3n) is 0.857. The first kappa shape index (κ1) is 6.42. The van der Waals surface area contributed by atoms with Crippen LogP contribution >= 0.6 is 11.6 Å². The number of amides is 1. The van der Waals surface area contributed by atoms with Crippen LogP contribution in [-0.4, -0.2) is 17.5 Å². The molecule has 0 aromatic carbocycles. The zero-order valence-corrected chi connectivity index (χ0v) is 5.10. The Labute approximate surface area is 56.0 Å². The SMILES string of the molecule is O=C1N=CC(F)=CC1Cl. The summed E-state index contributed by atoms with van der Waals surface area (Å²) in [6.07, 6.45) is 1.86. The molecule has 4 heteroatoms. The van der Waals surface area contributed by atoms with E-state index < -0.39 is 17.1 Å². The molecule has 1 atom stereocenters. The number of carbonyl (C=O) groups is 1. The Morgan fingerprint density at radius 2 is 2.44 bits per heavy atom. The first-order valence-electron chi connectivity index (χ1n) is 2.29. The number of aliphatic imine (C=N–C) groups is 1. The van der Waals surface area contributed by atoms with Crippen LogP contribution in [0.15, 0.2) is 16.9 Å². The highest BCUT2D eigenvalue weighted by atomic mass is 35.5. The Morgan fingerprint density at radius 1 is 1.78 bits per heavy atom. The van der Waals surface area contributed by atoms with Crippen molar-refractivity contribution in [2.75, 3.05) is 0 Å².